The van der Waals surface area contributed by atoms with Crippen LogP contribution in [0.25, 0.3) is 15.9 Å². The lowest BCUT2D eigenvalue weighted by atomic mass is 10.1. The third-order valence-corrected chi connectivity index (χ3v) is 6.78. The van der Waals surface area contributed by atoms with E-state index in [2.05, 4.69) is 44.1 Å². The second kappa shape index (κ2) is 8.58. The molecule has 0 unspecified atom stereocenters. The van der Waals surface area contributed by atoms with E-state index in [1.54, 1.807) is 5.38 Å². The molecular weight excluding hydrogens is 424 g/mol. The van der Waals surface area contributed by atoms with Gasteiger partial charge in [0.15, 0.2) is 5.82 Å². The first-order valence-corrected chi connectivity index (χ1v) is 11.5. The van der Waals surface area contributed by atoms with Crippen molar-refractivity contribution in [2.45, 2.75) is 25.8 Å². The first kappa shape index (κ1) is 20.4. The molecule has 0 radical (unpaired) electrons. The van der Waals surface area contributed by atoms with Gasteiger partial charge in [0.05, 0.1) is 5.56 Å². The molecule has 0 spiro atoms. The van der Waals surface area contributed by atoms with Crippen LogP contribution in [0.5, 0.6) is 0 Å². The zero-order valence-electron chi connectivity index (χ0n) is 17.6. The van der Waals surface area contributed by atoms with Gasteiger partial charge in [0.1, 0.15) is 15.9 Å². The van der Waals surface area contributed by atoms with Gasteiger partial charge in [-0.3, -0.25) is 9.79 Å². The van der Waals surface area contributed by atoms with Gasteiger partial charge in [-0.1, -0.05) is 24.3 Å². The monoisotopic (exact) mass is 446 g/mol. The third kappa shape index (κ3) is 3.69. The maximum absolute atomic E-state index is 13.5. The van der Waals surface area contributed by atoms with Crippen LogP contribution in [-0.4, -0.2) is 52.7 Å². The average molecular weight is 447 g/mol. The smallest absolute Gasteiger partial charge is 0.257 e. The quantitative estimate of drug-likeness (QED) is 0.544. The van der Waals surface area contributed by atoms with E-state index in [1.807, 2.05) is 35.4 Å². The summed E-state index contributed by atoms with van der Waals surface area (Å²) in [6.07, 6.45) is 5.45. The molecule has 5 rings (SSSR count). The number of nitroso groups, excluding NO2 is 1. The van der Waals surface area contributed by atoms with Crippen LogP contribution >= 0.6 is 11.3 Å². The predicted molar refractivity (Wildman–Crippen MR) is 128 cm³/mol. The highest BCUT2D eigenvalue weighted by atomic mass is 32.1. The molecule has 4 heterocycles. The molecule has 1 fully saturated rings. The largest absolute Gasteiger partial charge is 0.368 e. The normalized spacial score (nSPS) is 18.7. The Kier molecular flexibility index (Phi) is 5.48. The van der Waals surface area contributed by atoms with Crippen LogP contribution in [0.1, 0.15) is 35.9 Å². The van der Waals surface area contributed by atoms with Crippen LogP contribution in [0.3, 0.4) is 0 Å². The summed E-state index contributed by atoms with van der Waals surface area (Å²) < 4.78 is 0.531. The molecule has 1 amide bonds. The Labute approximate surface area is 189 Å². The number of benzene rings is 1. The van der Waals surface area contributed by atoms with E-state index in [9.17, 15) is 9.70 Å². The number of carbonyl (C=O) groups excluding carboxylic acids is 1. The second-order valence-electron chi connectivity index (χ2n) is 7.90. The summed E-state index contributed by atoms with van der Waals surface area (Å²) >= 11 is 1.28. The SMILES string of the molecule is C[C@@H]1CN(c2ccccc2)CCN1C(=O)c1csc2c(N=O)nc(C3=CCCC=N3)nc12. The lowest BCUT2D eigenvalue weighted by molar-refractivity contribution is 0.0676. The fourth-order valence-corrected chi connectivity index (χ4v) is 5.08. The summed E-state index contributed by atoms with van der Waals surface area (Å²) in [5, 5.41) is 4.86. The zero-order valence-corrected chi connectivity index (χ0v) is 18.5. The molecule has 1 saturated heterocycles. The molecule has 3 aromatic rings. The van der Waals surface area contributed by atoms with Gasteiger partial charge in [0.2, 0.25) is 5.82 Å². The van der Waals surface area contributed by atoms with Crippen LogP contribution in [0.15, 0.2) is 52.0 Å². The van der Waals surface area contributed by atoms with Gasteiger partial charge in [-0.25, -0.2) is 9.97 Å². The number of fused-ring (bicyclic) bond motifs is 1. The third-order valence-electron chi connectivity index (χ3n) is 5.82. The van der Waals surface area contributed by atoms with Crippen molar-refractivity contribution in [1.82, 2.24) is 14.9 Å². The molecule has 2 aliphatic rings. The number of thiophene rings is 1. The van der Waals surface area contributed by atoms with E-state index in [0.717, 1.165) is 31.6 Å². The Morgan fingerprint density at radius 1 is 1.16 bits per heavy atom. The number of allylic oxidation sites excluding steroid dienone is 1. The van der Waals surface area contributed by atoms with Crippen molar-refractivity contribution >= 4 is 50.9 Å². The van der Waals surface area contributed by atoms with Crippen LogP contribution in [0, 0.1) is 4.91 Å². The van der Waals surface area contributed by atoms with Crippen LogP contribution < -0.4 is 4.90 Å². The fraction of sp³-hybridized carbons (Fsp3) is 0.304. The molecular formula is C23H22N6O2S. The maximum Gasteiger partial charge on any atom is 0.257 e. The van der Waals surface area contributed by atoms with Crippen molar-refractivity contribution in [3.05, 3.63) is 58.1 Å². The van der Waals surface area contributed by atoms with E-state index in [-0.39, 0.29) is 17.8 Å². The average Bonchev–Trinajstić information content (AvgIpc) is 3.28. The van der Waals surface area contributed by atoms with Crippen molar-refractivity contribution in [3.63, 3.8) is 0 Å². The number of aliphatic imine (C=N–C) groups is 1. The van der Waals surface area contributed by atoms with Crippen molar-refractivity contribution in [2.75, 3.05) is 24.5 Å². The van der Waals surface area contributed by atoms with Gasteiger partial charge in [0.25, 0.3) is 5.91 Å². The molecule has 0 saturated carbocycles. The molecule has 32 heavy (non-hydrogen) atoms. The Hall–Kier alpha value is -3.46. The van der Waals surface area contributed by atoms with Gasteiger partial charge in [-0.15, -0.1) is 16.2 Å². The number of carbonyl (C=O) groups is 1. The summed E-state index contributed by atoms with van der Waals surface area (Å²) in [5.74, 6) is 0.300. The van der Waals surface area contributed by atoms with E-state index >= 15 is 0 Å². The van der Waals surface area contributed by atoms with E-state index in [4.69, 9.17) is 0 Å². The van der Waals surface area contributed by atoms with Crippen molar-refractivity contribution < 1.29 is 4.79 Å². The summed E-state index contributed by atoms with van der Waals surface area (Å²) in [4.78, 5) is 42.4. The van der Waals surface area contributed by atoms with Gasteiger partial charge < -0.3 is 9.80 Å². The number of piperazine rings is 1. The Bertz CT molecular complexity index is 1240. The highest BCUT2D eigenvalue weighted by Crippen LogP contribution is 2.34. The fourth-order valence-electron chi connectivity index (χ4n) is 4.18. The number of amides is 1. The number of hydrogen-bond donors (Lipinski definition) is 0. The number of hydrogen-bond acceptors (Lipinski definition) is 8. The Morgan fingerprint density at radius 2 is 2.00 bits per heavy atom. The molecule has 9 heteroatoms. The number of para-hydroxylation sites is 1. The minimum atomic E-state index is -0.0842. The molecule has 0 aliphatic carbocycles. The van der Waals surface area contributed by atoms with Gasteiger partial charge >= 0.3 is 0 Å². The predicted octanol–water partition coefficient (Wildman–Crippen LogP) is 4.65. The number of nitrogens with zero attached hydrogens (tertiary/aromatic N) is 6. The summed E-state index contributed by atoms with van der Waals surface area (Å²) in [5.41, 5.74) is 2.73. The van der Waals surface area contributed by atoms with E-state index in [1.165, 1.54) is 11.3 Å². The lowest BCUT2D eigenvalue weighted by Crippen LogP contribution is -2.54. The topological polar surface area (TPSA) is 91.1 Å². The van der Waals surface area contributed by atoms with Crippen LogP contribution in [0.2, 0.25) is 0 Å². The highest BCUT2D eigenvalue weighted by molar-refractivity contribution is 7.18. The summed E-state index contributed by atoms with van der Waals surface area (Å²) in [6, 6.07) is 10.3. The Morgan fingerprint density at radius 3 is 2.72 bits per heavy atom. The molecule has 162 valence electrons. The van der Waals surface area contributed by atoms with E-state index in [0.29, 0.717) is 33.8 Å². The van der Waals surface area contributed by atoms with Crippen molar-refractivity contribution in [3.8, 4) is 0 Å². The van der Waals surface area contributed by atoms with Crippen LogP contribution in [0.4, 0.5) is 11.5 Å². The first-order valence-electron chi connectivity index (χ1n) is 10.6. The van der Waals surface area contributed by atoms with Crippen LogP contribution in [-0.2, 0) is 0 Å². The zero-order chi connectivity index (χ0) is 22.1. The standard InChI is InChI=1S/C23H22N6O2S/c1-15-13-28(16-7-3-2-4-8-16)11-12-29(15)23(30)17-14-32-20-19(17)25-21(26-22(20)27-31)18-9-5-6-10-24-18/h2-4,7-10,14-15H,5-6,11-13H2,1H3/t15-/m1/s1. The molecule has 2 aromatic heterocycles. The number of aromatic nitrogens is 2. The van der Waals surface area contributed by atoms with Crippen molar-refractivity contribution in [1.29, 1.82) is 0 Å². The number of rotatable bonds is 4. The lowest BCUT2D eigenvalue weighted by Gasteiger charge is -2.41. The molecule has 1 atom stereocenters. The summed E-state index contributed by atoms with van der Waals surface area (Å²) in [7, 11) is 0. The summed E-state index contributed by atoms with van der Waals surface area (Å²) in [6.45, 7) is 4.17. The minimum absolute atomic E-state index is 0.0297. The molecule has 2 aliphatic heterocycles. The van der Waals surface area contributed by atoms with Crippen molar-refractivity contribution in [2.24, 2.45) is 10.2 Å². The highest BCUT2D eigenvalue weighted by Gasteiger charge is 2.30. The minimum Gasteiger partial charge on any atom is -0.368 e. The molecule has 0 bridgehead atoms. The molecule has 0 N–H and O–H groups in total. The van der Waals surface area contributed by atoms with Gasteiger partial charge in [-0.05, 0) is 37.1 Å². The maximum atomic E-state index is 13.5. The van der Waals surface area contributed by atoms with Gasteiger partial charge in [0, 0.05) is 43.0 Å². The molecule has 8 nitrogen and oxygen atoms in total. The molecule has 1 aromatic carbocycles. The van der Waals surface area contributed by atoms with Gasteiger partial charge in [-0.2, -0.15) is 0 Å². The first-order chi connectivity index (χ1) is 15.7. The Balaban J connectivity index is 1.45. The van der Waals surface area contributed by atoms with E-state index < -0.39 is 0 Å². The second-order valence-corrected chi connectivity index (χ2v) is 8.78. The number of anilines is 1.